The van der Waals surface area contributed by atoms with Crippen LogP contribution >= 0.6 is 15.9 Å². The Morgan fingerprint density at radius 2 is 1.62 bits per heavy atom. The second-order valence-electron chi connectivity index (χ2n) is 2.11. The fourth-order valence-electron chi connectivity index (χ4n) is 0.150. The topological polar surface area (TPSA) is 104 Å². The van der Waals surface area contributed by atoms with Crippen LogP contribution in [-0.4, -0.2) is 27.7 Å². The number of hydrogen-bond acceptors (Lipinski definition) is 4. The molecule has 6 nitrogen and oxygen atoms in total. The van der Waals surface area contributed by atoms with E-state index in [1.165, 1.54) is 0 Å². The Morgan fingerprint density at radius 3 is 1.62 bits per heavy atom. The second-order valence-corrected chi connectivity index (χ2v) is 4.62. The molecule has 0 bridgehead atoms. The van der Waals surface area contributed by atoms with Crippen molar-refractivity contribution in [3.05, 3.63) is 0 Å². The van der Waals surface area contributed by atoms with Gasteiger partial charge in [0.05, 0.1) is 0 Å². The maximum atomic E-state index is 9.89. The molecule has 1 atom stereocenters. The van der Waals surface area contributed by atoms with Crippen molar-refractivity contribution in [2.75, 3.05) is 6.66 Å². The Labute approximate surface area is 92.7 Å². The Bertz CT molecular complexity index is 175. The molecule has 13 heavy (non-hydrogen) atoms. The molecule has 0 rings (SSSR count). The van der Waals surface area contributed by atoms with Crippen molar-refractivity contribution in [2.24, 2.45) is 0 Å². The fourth-order valence-corrected chi connectivity index (χ4v) is 1.35. The summed E-state index contributed by atoms with van der Waals surface area (Å²) in [7, 11) is -6.71. The molecule has 9 heteroatoms. The van der Waals surface area contributed by atoms with E-state index in [1.807, 2.05) is 0 Å². The largest absolute Gasteiger partial charge is 0.515 e. The minimum Gasteiger partial charge on any atom is -0.394 e. The van der Waals surface area contributed by atoms with Gasteiger partial charge in [-0.05, 0) is 22.7 Å². The van der Waals surface area contributed by atoms with Crippen molar-refractivity contribution in [3.8, 4) is 0 Å². The fraction of sp³-hybridized carbons (Fsp3) is 1.00. The zero-order valence-corrected chi connectivity index (χ0v) is 10.9. The van der Waals surface area contributed by atoms with Crippen LogP contribution in [0.25, 0.3) is 0 Å². The molecule has 0 radical (unpaired) electrons. The molecular weight excluding hydrogens is 254 g/mol. The number of rotatable bonds is 2. The monoisotopic (exact) mass is 267 g/mol. The van der Waals surface area contributed by atoms with Crippen molar-refractivity contribution < 1.29 is 50.1 Å². The van der Waals surface area contributed by atoms with Crippen LogP contribution in [0.15, 0.2) is 0 Å². The number of aliphatic hydroxyl groups is 1. The van der Waals surface area contributed by atoms with Crippen LogP contribution in [0.5, 0.6) is 0 Å². The Balaban J connectivity index is -0.000000173. The standard InChI is InChI=1S/C3H8O.CH4O5P2.Ti/c1-3(2)4;1-7(2)6-8(3,4)5;/h3-4H,1-2H3;1H3,(H-,3,4,5);/p+1. The van der Waals surface area contributed by atoms with E-state index in [9.17, 15) is 9.13 Å². The average Bonchev–Trinajstić information content (AvgIpc) is 1.52. The summed E-state index contributed by atoms with van der Waals surface area (Å²) in [6.07, 6.45) is -0.167. The third kappa shape index (κ3) is 44.1. The predicted octanol–water partition coefficient (Wildman–Crippen LogP) is 0.852. The number of hydrogen-bond donors (Lipinski definition) is 3. The van der Waals surface area contributed by atoms with Gasteiger partial charge in [-0.15, -0.1) is 0 Å². The summed E-state index contributed by atoms with van der Waals surface area (Å²) >= 11 is 0. The van der Waals surface area contributed by atoms with E-state index in [-0.39, 0.29) is 27.8 Å². The van der Waals surface area contributed by atoms with Crippen LogP contribution < -0.4 is 0 Å². The molecule has 0 saturated carbocycles. The summed E-state index contributed by atoms with van der Waals surface area (Å²) in [5.74, 6) is 0. The van der Waals surface area contributed by atoms with Gasteiger partial charge in [-0.25, -0.2) is 4.57 Å². The molecule has 0 amide bonds. The van der Waals surface area contributed by atoms with E-state index in [1.54, 1.807) is 13.8 Å². The van der Waals surface area contributed by atoms with Gasteiger partial charge in [-0.3, -0.25) is 0 Å². The minimum atomic E-state index is -4.51. The predicted molar refractivity (Wildman–Crippen MR) is 44.0 cm³/mol. The maximum Gasteiger partial charge on any atom is 0.515 e. The summed E-state index contributed by atoms with van der Waals surface area (Å²) in [5, 5.41) is 8.06. The van der Waals surface area contributed by atoms with Crippen molar-refractivity contribution in [1.82, 2.24) is 0 Å². The molecular formula is C4H13O6P2Ti+. The SMILES string of the molecule is CC(C)O.C[P+](=O)OP(=O)(O)O.[Ti]. The summed E-state index contributed by atoms with van der Waals surface area (Å²) in [6, 6.07) is 0. The molecule has 0 aromatic heterocycles. The first kappa shape index (κ1) is 19.5. The molecule has 78 valence electrons. The molecule has 0 spiro atoms. The van der Waals surface area contributed by atoms with Gasteiger partial charge in [0.2, 0.25) is 0 Å². The van der Waals surface area contributed by atoms with E-state index < -0.39 is 15.9 Å². The first-order chi connectivity index (χ1) is 5.15. The van der Waals surface area contributed by atoms with Gasteiger partial charge >= 0.3 is 15.9 Å². The van der Waals surface area contributed by atoms with Crippen LogP contribution in [0, 0.1) is 0 Å². The van der Waals surface area contributed by atoms with Gasteiger partial charge in [0, 0.05) is 27.8 Å². The quantitative estimate of drug-likeness (QED) is 0.506. The van der Waals surface area contributed by atoms with Gasteiger partial charge < -0.3 is 14.9 Å². The normalized spacial score (nSPS) is 11.2. The minimum absolute atomic E-state index is 0. The van der Waals surface area contributed by atoms with E-state index in [0.717, 1.165) is 6.66 Å². The van der Waals surface area contributed by atoms with Gasteiger partial charge in [0.1, 0.15) is 0 Å². The van der Waals surface area contributed by atoms with Crippen molar-refractivity contribution >= 4 is 15.9 Å². The maximum absolute atomic E-state index is 9.89. The number of aliphatic hydroxyl groups excluding tert-OH is 1. The first-order valence-corrected chi connectivity index (χ1v) is 6.15. The molecule has 0 heterocycles. The van der Waals surface area contributed by atoms with Crippen molar-refractivity contribution in [2.45, 2.75) is 20.0 Å². The second kappa shape index (κ2) is 9.44. The van der Waals surface area contributed by atoms with Crippen LogP contribution in [0.3, 0.4) is 0 Å². The molecule has 0 saturated heterocycles. The summed E-state index contributed by atoms with van der Waals surface area (Å²) in [6.45, 7) is 4.51. The number of phosphoric acid groups is 1. The smallest absolute Gasteiger partial charge is 0.394 e. The zero-order chi connectivity index (χ0) is 10.4. The van der Waals surface area contributed by atoms with E-state index >= 15 is 0 Å². The van der Waals surface area contributed by atoms with Crippen LogP contribution in [0.1, 0.15) is 13.8 Å². The van der Waals surface area contributed by atoms with Crippen molar-refractivity contribution in [1.29, 1.82) is 0 Å². The summed E-state index contributed by atoms with van der Waals surface area (Å²) < 4.78 is 23.2. The molecule has 3 N–H and O–H groups in total. The summed E-state index contributed by atoms with van der Waals surface area (Å²) in [5.41, 5.74) is 0. The van der Waals surface area contributed by atoms with Gasteiger partial charge in [-0.2, -0.15) is 0 Å². The van der Waals surface area contributed by atoms with Crippen LogP contribution in [-0.2, 0) is 35.2 Å². The van der Waals surface area contributed by atoms with E-state index in [0.29, 0.717) is 0 Å². The van der Waals surface area contributed by atoms with Gasteiger partial charge in [0.15, 0.2) is 6.66 Å². The first-order valence-electron chi connectivity index (χ1n) is 2.99. The Morgan fingerprint density at radius 1 is 1.38 bits per heavy atom. The molecule has 0 fully saturated rings. The average molecular weight is 267 g/mol. The third-order valence-electron chi connectivity index (χ3n) is 0.221. The van der Waals surface area contributed by atoms with Gasteiger partial charge in [0.25, 0.3) is 0 Å². The molecule has 0 aliphatic heterocycles. The molecule has 0 aromatic rings. The zero-order valence-electron chi connectivity index (χ0n) is 7.54. The Hall–Kier alpha value is 0.884. The molecule has 0 aliphatic rings. The van der Waals surface area contributed by atoms with E-state index in [4.69, 9.17) is 14.9 Å². The van der Waals surface area contributed by atoms with E-state index in [2.05, 4.69) is 4.31 Å². The molecule has 1 unspecified atom stereocenters. The van der Waals surface area contributed by atoms with Gasteiger partial charge in [-0.1, -0.05) is 0 Å². The molecule has 0 aromatic carbocycles. The molecule has 0 aliphatic carbocycles. The summed E-state index contributed by atoms with van der Waals surface area (Å²) in [4.78, 5) is 15.8. The van der Waals surface area contributed by atoms with Crippen LogP contribution in [0.4, 0.5) is 0 Å². The van der Waals surface area contributed by atoms with Crippen LogP contribution in [0.2, 0.25) is 0 Å². The third-order valence-corrected chi connectivity index (χ3v) is 1.99. The Kier molecular flexibility index (Phi) is 14.1. The van der Waals surface area contributed by atoms with Crippen molar-refractivity contribution in [3.63, 3.8) is 0 Å².